The molecule has 134 valence electrons. The summed E-state index contributed by atoms with van der Waals surface area (Å²) in [6.07, 6.45) is 6.37. The molecule has 4 rings (SSSR count). The number of hydrogen-bond acceptors (Lipinski definition) is 4. The molecular weight excluding hydrogens is 321 g/mol. The summed E-state index contributed by atoms with van der Waals surface area (Å²) < 4.78 is 26.9. The van der Waals surface area contributed by atoms with Gasteiger partial charge in [0.1, 0.15) is 24.0 Å². The van der Waals surface area contributed by atoms with Crippen LogP contribution in [0.2, 0.25) is 0 Å². The number of hydrogen-bond donors (Lipinski definition) is 0. The van der Waals surface area contributed by atoms with Crippen molar-refractivity contribution < 1.29 is 13.9 Å². The second kappa shape index (κ2) is 7.04. The SMILES string of the molecule is COCCOc1cc(F)cc(C2CCCN2c2ccnn2C2CC2)c1. The van der Waals surface area contributed by atoms with Gasteiger partial charge < -0.3 is 14.4 Å². The monoisotopic (exact) mass is 345 g/mol. The number of nitrogens with zero attached hydrogens (tertiary/aromatic N) is 3. The summed E-state index contributed by atoms with van der Waals surface area (Å²) in [4.78, 5) is 2.36. The molecule has 1 aromatic heterocycles. The lowest BCUT2D eigenvalue weighted by molar-refractivity contribution is 0.146. The summed E-state index contributed by atoms with van der Waals surface area (Å²) in [6.45, 7) is 1.88. The number of halogens is 1. The highest BCUT2D eigenvalue weighted by atomic mass is 19.1. The summed E-state index contributed by atoms with van der Waals surface area (Å²) in [5.74, 6) is 1.46. The normalized spacial score (nSPS) is 20.2. The lowest BCUT2D eigenvalue weighted by Gasteiger charge is -2.28. The van der Waals surface area contributed by atoms with Crippen molar-refractivity contribution in [3.63, 3.8) is 0 Å². The van der Waals surface area contributed by atoms with E-state index >= 15 is 0 Å². The van der Waals surface area contributed by atoms with Gasteiger partial charge in [-0.2, -0.15) is 5.10 Å². The van der Waals surface area contributed by atoms with Crippen molar-refractivity contribution in [1.82, 2.24) is 9.78 Å². The fourth-order valence-corrected chi connectivity index (χ4v) is 3.63. The minimum absolute atomic E-state index is 0.162. The molecule has 1 saturated heterocycles. The third-order valence-corrected chi connectivity index (χ3v) is 4.92. The third kappa shape index (κ3) is 3.49. The van der Waals surface area contributed by atoms with Crippen LogP contribution in [0.5, 0.6) is 5.75 Å². The molecule has 0 radical (unpaired) electrons. The molecule has 2 aliphatic rings. The summed E-state index contributed by atoms with van der Waals surface area (Å²) in [6, 6.07) is 7.80. The van der Waals surface area contributed by atoms with Crippen molar-refractivity contribution in [3.05, 3.63) is 41.8 Å². The molecular formula is C19H24FN3O2. The van der Waals surface area contributed by atoms with Gasteiger partial charge in [-0.05, 0) is 43.4 Å². The molecule has 25 heavy (non-hydrogen) atoms. The fraction of sp³-hybridized carbons (Fsp3) is 0.526. The van der Waals surface area contributed by atoms with Crippen LogP contribution in [-0.4, -0.2) is 36.6 Å². The van der Waals surface area contributed by atoms with Crippen LogP contribution >= 0.6 is 0 Å². The Morgan fingerprint density at radius 3 is 2.88 bits per heavy atom. The van der Waals surface area contributed by atoms with Gasteiger partial charge in [-0.25, -0.2) is 9.07 Å². The van der Waals surface area contributed by atoms with Crippen molar-refractivity contribution in [2.75, 3.05) is 31.8 Å². The van der Waals surface area contributed by atoms with Gasteiger partial charge >= 0.3 is 0 Å². The summed E-state index contributed by atoms with van der Waals surface area (Å²) in [7, 11) is 1.62. The largest absolute Gasteiger partial charge is 0.491 e. The molecule has 1 unspecified atom stereocenters. The number of anilines is 1. The number of rotatable bonds is 7. The molecule has 2 aromatic rings. The van der Waals surface area contributed by atoms with Gasteiger partial charge in [0, 0.05) is 25.8 Å². The topological polar surface area (TPSA) is 39.5 Å². The van der Waals surface area contributed by atoms with Crippen LogP contribution < -0.4 is 9.64 Å². The smallest absolute Gasteiger partial charge is 0.127 e. The second-order valence-corrected chi connectivity index (χ2v) is 6.78. The molecule has 0 N–H and O–H groups in total. The molecule has 0 bridgehead atoms. The minimum Gasteiger partial charge on any atom is -0.491 e. The molecule has 1 atom stereocenters. The van der Waals surface area contributed by atoms with Gasteiger partial charge in [0.15, 0.2) is 0 Å². The Morgan fingerprint density at radius 2 is 2.08 bits per heavy atom. The van der Waals surface area contributed by atoms with Crippen LogP contribution in [0, 0.1) is 5.82 Å². The molecule has 2 heterocycles. The van der Waals surface area contributed by atoms with Gasteiger partial charge in [-0.15, -0.1) is 0 Å². The van der Waals surface area contributed by atoms with Crippen LogP contribution in [0.1, 0.15) is 43.3 Å². The third-order valence-electron chi connectivity index (χ3n) is 4.92. The molecule has 0 spiro atoms. The van der Waals surface area contributed by atoms with E-state index in [0.717, 1.165) is 30.8 Å². The van der Waals surface area contributed by atoms with Crippen molar-refractivity contribution >= 4 is 5.82 Å². The molecule has 1 aliphatic carbocycles. The van der Waals surface area contributed by atoms with E-state index in [2.05, 4.69) is 20.7 Å². The zero-order chi connectivity index (χ0) is 17.2. The first-order valence-corrected chi connectivity index (χ1v) is 8.98. The quantitative estimate of drug-likeness (QED) is 0.717. The lowest BCUT2D eigenvalue weighted by atomic mass is 10.0. The Kier molecular flexibility index (Phi) is 4.61. The van der Waals surface area contributed by atoms with E-state index in [0.29, 0.717) is 25.0 Å². The minimum atomic E-state index is -0.257. The maximum Gasteiger partial charge on any atom is 0.127 e. The van der Waals surface area contributed by atoms with Crippen molar-refractivity contribution in [2.45, 2.75) is 37.8 Å². The molecule has 1 aromatic carbocycles. The van der Waals surface area contributed by atoms with E-state index < -0.39 is 0 Å². The Morgan fingerprint density at radius 1 is 1.20 bits per heavy atom. The van der Waals surface area contributed by atoms with E-state index in [-0.39, 0.29) is 11.9 Å². The highest BCUT2D eigenvalue weighted by Gasteiger charge is 2.33. The van der Waals surface area contributed by atoms with Gasteiger partial charge in [-0.3, -0.25) is 0 Å². The average molecular weight is 345 g/mol. The standard InChI is InChI=1S/C19H24FN3O2/c1-24-9-10-25-17-12-14(11-15(20)13-17)18-3-2-8-22(18)19-6-7-21-23(19)16-4-5-16/h6-7,11-13,16,18H,2-5,8-10H2,1H3. The van der Waals surface area contributed by atoms with Crippen LogP contribution in [0.25, 0.3) is 0 Å². The van der Waals surface area contributed by atoms with Crippen molar-refractivity contribution in [3.8, 4) is 5.75 Å². The van der Waals surface area contributed by atoms with Gasteiger partial charge in [0.05, 0.1) is 24.9 Å². The molecule has 5 nitrogen and oxygen atoms in total. The predicted molar refractivity (Wildman–Crippen MR) is 93.6 cm³/mol. The lowest BCUT2D eigenvalue weighted by Crippen LogP contribution is -2.25. The first kappa shape index (κ1) is 16.4. The summed E-state index contributed by atoms with van der Waals surface area (Å²) in [5, 5.41) is 4.50. The molecule has 2 fully saturated rings. The van der Waals surface area contributed by atoms with E-state index in [1.165, 1.54) is 18.9 Å². The average Bonchev–Trinajstić information content (AvgIpc) is 3.13. The predicted octanol–water partition coefficient (Wildman–Crippen LogP) is 3.72. The Labute approximate surface area is 147 Å². The van der Waals surface area contributed by atoms with Crippen molar-refractivity contribution in [1.29, 1.82) is 0 Å². The Hall–Kier alpha value is -2.08. The van der Waals surface area contributed by atoms with Crippen LogP contribution in [0.4, 0.5) is 10.2 Å². The van der Waals surface area contributed by atoms with E-state index in [4.69, 9.17) is 9.47 Å². The number of ether oxygens (including phenoxy) is 2. The Balaban J connectivity index is 1.58. The maximum absolute atomic E-state index is 14.1. The van der Waals surface area contributed by atoms with E-state index in [1.54, 1.807) is 13.2 Å². The first-order valence-electron chi connectivity index (χ1n) is 8.98. The zero-order valence-corrected chi connectivity index (χ0v) is 14.5. The van der Waals surface area contributed by atoms with Crippen LogP contribution in [0.15, 0.2) is 30.5 Å². The highest BCUT2D eigenvalue weighted by molar-refractivity contribution is 5.46. The molecule has 0 amide bonds. The van der Waals surface area contributed by atoms with Crippen LogP contribution in [-0.2, 0) is 4.74 Å². The molecule has 1 saturated carbocycles. The van der Waals surface area contributed by atoms with Crippen molar-refractivity contribution in [2.24, 2.45) is 0 Å². The van der Waals surface area contributed by atoms with Gasteiger partial charge in [0.25, 0.3) is 0 Å². The zero-order valence-electron chi connectivity index (χ0n) is 14.5. The fourth-order valence-electron chi connectivity index (χ4n) is 3.63. The number of methoxy groups -OCH3 is 1. The van der Waals surface area contributed by atoms with Crippen LogP contribution in [0.3, 0.4) is 0 Å². The summed E-state index contributed by atoms with van der Waals surface area (Å²) >= 11 is 0. The molecule has 1 aliphatic heterocycles. The summed E-state index contributed by atoms with van der Waals surface area (Å²) in [5.41, 5.74) is 0.966. The second-order valence-electron chi connectivity index (χ2n) is 6.78. The maximum atomic E-state index is 14.1. The first-order chi connectivity index (χ1) is 12.3. The number of aromatic nitrogens is 2. The molecule has 6 heteroatoms. The van der Waals surface area contributed by atoms with E-state index in [9.17, 15) is 4.39 Å². The number of benzene rings is 1. The van der Waals surface area contributed by atoms with Gasteiger partial charge in [0.2, 0.25) is 0 Å². The van der Waals surface area contributed by atoms with Gasteiger partial charge in [-0.1, -0.05) is 0 Å². The Bertz CT molecular complexity index is 729. The van der Waals surface area contributed by atoms with E-state index in [1.807, 2.05) is 12.3 Å². The highest BCUT2D eigenvalue weighted by Crippen LogP contribution is 2.42.